The Labute approximate surface area is 188 Å². The fraction of sp³-hybridized carbons (Fsp3) is 0.130. The lowest BCUT2D eigenvalue weighted by molar-refractivity contribution is -0.0339. The third kappa shape index (κ3) is 4.43. The highest BCUT2D eigenvalue weighted by molar-refractivity contribution is 6.07. The predicted octanol–water partition coefficient (Wildman–Crippen LogP) is 2.16. The van der Waals surface area contributed by atoms with Gasteiger partial charge in [0.15, 0.2) is 11.5 Å². The molecule has 3 aromatic rings. The summed E-state index contributed by atoms with van der Waals surface area (Å²) < 4.78 is 19.9. The molecule has 9 nitrogen and oxygen atoms in total. The number of nitrogens with zero attached hydrogens (tertiary/aromatic N) is 3. The first-order valence-corrected chi connectivity index (χ1v) is 9.89. The lowest BCUT2D eigenvalue weighted by Gasteiger charge is -2.30. The van der Waals surface area contributed by atoms with Crippen LogP contribution in [0.5, 0.6) is 0 Å². The highest BCUT2D eigenvalue weighted by Crippen LogP contribution is 2.31. The Bertz CT molecular complexity index is 1250. The smallest absolute Gasteiger partial charge is 0.276 e. The summed E-state index contributed by atoms with van der Waals surface area (Å²) in [6.07, 6.45) is 3.55. The van der Waals surface area contributed by atoms with Gasteiger partial charge < -0.3 is 26.0 Å². The first-order valence-electron chi connectivity index (χ1n) is 9.89. The molecule has 1 aliphatic heterocycles. The van der Waals surface area contributed by atoms with Crippen molar-refractivity contribution in [3.8, 4) is 11.4 Å². The first-order chi connectivity index (χ1) is 15.9. The van der Waals surface area contributed by atoms with Crippen molar-refractivity contribution in [2.75, 3.05) is 11.1 Å². The molecule has 0 fully saturated rings. The third-order valence-electron chi connectivity index (χ3n) is 4.99. The van der Waals surface area contributed by atoms with Crippen LogP contribution in [-0.2, 0) is 4.74 Å². The Morgan fingerprint density at radius 1 is 1.21 bits per heavy atom. The number of aliphatic hydroxyl groups is 2. The zero-order chi connectivity index (χ0) is 23.5. The number of benzene rings is 1. The van der Waals surface area contributed by atoms with E-state index in [9.17, 15) is 19.4 Å². The van der Waals surface area contributed by atoms with Gasteiger partial charge in [-0.05, 0) is 30.4 Å². The number of hydrogen-bond donors (Lipinski definition) is 4. The number of halogens is 1. The molecule has 1 amide bonds. The standard InChI is InChI=1S/C23H20FN5O4/c1-2-18-21(31)17(30)9-19(33-18)13-7-8-26-11-16(13)28-23(32)20-15(25)10-27-22(29-20)12-5-3-4-6-14(12)24/h2-11,17-18,21,30-31H,1,25H2,(H,28,32)/t17-,18-,21+/m1/s1. The highest BCUT2D eigenvalue weighted by atomic mass is 19.1. The van der Waals surface area contributed by atoms with Gasteiger partial charge in [-0.25, -0.2) is 14.4 Å². The van der Waals surface area contributed by atoms with Crippen LogP contribution in [0.15, 0.2) is 67.7 Å². The van der Waals surface area contributed by atoms with Crippen molar-refractivity contribution in [2.24, 2.45) is 0 Å². The number of hydrogen-bond acceptors (Lipinski definition) is 8. The van der Waals surface area contributed by atoms with Crippen molar-refractivity contribution < 1.29 is 24.1 Å². The number of carbonyl (C=O) groups is 1. The number of nitrogen functional groups attached to an aromatic ring is 1. The molecule has 0 bridgehead atoms. The van der Waals surface area contributed by atoms with Gasteiger partial charge in [-0.3, -0.25) is 9.78 Å². The summed E-state index contributed by atoms with van der Waals surface area (Å²) in [6, 6.07) is 7.48. The number of aromatic nitrogens is 3. The molecule has 5 N–H and O–H groups in total. The van der Waals surface area contributed by atoms with Crippen molar-refractivity contribution in [2.45, 2.75) is 18.3 Å². The lowest BCUT2D eigenvalue weighted by Crippen LogP contribution is -2.40. The van der Waals surface area contributed by atoms with Gasteiger partial charge in [0.2, 0.25) is 0 Å². The van der Waals surface area contributed by atoms with Crippen LogP contribution in [-0.4, -0.2) is 49.4 Å². The maximum Gasteiger partial charge on any atom is 0.276 e. The molecule has 0 aliphatic carbocycles. The van der Waals surface area contributed by atoms with Gasteiger partial charge in [0.1, 0.15) is 29.9 Å². The van der Waals surface area contributed by atoms with Crippen LogP contribution < -0.4 is 11.1 Å². The third-order valence-corrected chi connectivity index (χ3v) is 4.99. The number of anilines is 2. The van der Waals surface area contributed by atoms with Gasteiger partial charge in [0, 0.05) is 11.8 Å². The molecule has 0 spiro atoms. The molecule has 2 aromatic heterocycles. The minimum atomic E-state index is -1.20. The molecule has 33 heavy (non-hydrogen) atoms. The molecule has 3 heterocycles. The average Bonchev–Trinajstić information content (AvgIpc) is 2.82. The Morgan fingerprint density at radius 3 is 2.76 bits per heavy atom. The average molecular weight is 449 g/mol. The Morgan fingerprint density at radius 2 is 2.00 bits per heavy atom. The normalized spacial score (nSPS) is 19.8. The van der Waals surface area contributed by atoms with Crippen molar-refractivity contribution in [3.63, 3.8) is 0 Å². The summed E-state index contributed by atoms with van der Waals surface area (Å²) in [4.78, 5) is 25.2. The Balaban J connectivity index is 1.66. The molecular formula is C23H20FN5O4. The van der Waals surface area contributed by atoms with E-state index in [1.54, 1.807) is 12.1 Å². The molecule has 4 rings (SSSR count). The molecular weight excluding hydrogens is 429 g/mol. The van der Waals surface area contributed by atoms with E-state index in [2.05, 4.69) is 26.8 Å². The SMILES string of the molecule is C=C[C@H]1OC(c2ccncc2NC(=O)c2nc(-c3ccccc3F)ncc2N)=C[C@@H](O)[C@@H]1O. The lowest BCUT2D eigenvalue weighted by atomic mass is 10.0. The van der Waals surface area contributed by atoms with Crippen LogP contribution in [0.2, 0.25) is 0 Å². The number of rotatable bonds is 5. The van der Waals surface area contributed by atoms with Crippen LogP contribution in [0.25, 0.3) is 17.1 Å². The summed E-state index contributed by atoms with van der Waals surface area (Å²) in [7, 11) is 0. The molecule has 0 radical (unpaired) electrons. The maximum atomic E-state index is 14.1. The number of pyridine rings is 1. The summed E-state index contributed by atoms with van der Waals surface area (Å²) >= 11 is 0. The van der Waals surface area contributed by atoms with E-state index >= 15 is 0 Å². The minimum Gasteiger partial charge on any atom is -0.483 e. The summed E-state index contributed by atoms with van der Waals surface area (Å²) in [5.41, 5.74) is 6.51. The van der Waals surface area contributed by atoms with E-state index in [0.717, 1.165) is 0 Å². The van der Waals surface area contributed by atoms with Crippen LogP contribution in [0.4, 0.5) is 15.8 Å². The Kier molecular flexibility index (Phi) is 6.11. The van der Waals surface area contributed by atoms with Gasteiger partial charge in [-0.2, -0.15) is 0 Å². The van der Waals surface area contributed by atoms with Gasteiger partial charge in [0.05, 0.1) is 29.3 Å². The molecule has 3 atom stereocenters. The van der Waals surface area contributed by atoms with E-state index in [-0.39, 0.29) is 34.2 Å². The van der Waals surface area contributed by atoms with E-state index < -0.39 is 30.0 Å². The fourth-order valence-electron chi connectivity index (χ4n) is 3.28. The summed E-state index contributed by atoms with van der Waals surface area (Å²) in [6.45, 7) is 3.60. The van der Waals surface area contributed by atoms with Gasteiger partial charge >= 0.3 is 0 Å². The second-order valence-corrected chi connectivity index (χ2v) is 7.18. The van der Waals surface area contributed by atoms with Crippen molar-refractivity contribution in [3.05, 3.63) is 84.7 Å². The fourth-order valence-corrected chi connectivity index (χ4v) is 3.28. The van der Waals surface area contributed by atoms with E-state index in [4.69, 9.17) is 10.5 Å². The molecule has 0 unspecified atom stereocenters. The molecule has 1 aliphatic rings. The topological polar surface area (TPSA) is 143 Å². The van der Waals surface area contributed by atoms with Gasteiger partial charge in [-0.15, -0.1) is 0 Å². The van der Waals surface area contributed by atoms with Gasteiger partial charge in [-0.1, -0.05) is 18.7 Å². The van der Waals surface area contributed by atoms with Crippen LogP contribution in [0, 0.1) is 5.82 Å². The summed E-state index contributed by atoms with van der Waals surface area (Å²) in [5, 5.41) is 22.8. The van der Waals surface area contributed by atoms with Crippen molar-refractivity contribution in [1.29, 1.82) is 0 Å². The Hall–Kier alpha value is -4.15. The number of aliphatic hydroxyl groups excluding tert-OH is 2. The minimum absolute atomic E-state index is 0.00289. The van der Waals surface area contributed by atoms with E-state index in [1.807, 2.05) is 0 Å². The molecule has 0 saturated carbocycles. The van der Waals surface area contributed by atoms with Crippen LogP contribution in [0.1, 0.15) is 16.1 Å². The van der Waals surface area contributed by atoms with Crippen LogP contribution >= 0.6 is 0 Å². The maximum absolute atomic E-state index is 14.1. The van der Waals surface area contributed by atoms with Crippen LogP contribution in [0.3, 0.4) is 0 Å². The largest absolute Gasteiger partial charge is 0.483 e. The highest BCUT2D eigenvalue weighted by Gasteiger charge is 2.31. The second kappa shape index (κ2) is 9.15. The molecule has 168 valence electrons. The van der Waals surface area contributed by atoms with E-state index in [1.165, 1.54) is 48.9 Å². The van der Waals surface area contributed by atoms with E-state index in [0.29, 0.717) is 5.56 Å². The number of ether oxygens (including phenoxy) is 1. The quantitative estimate of drug-likeness (QED) is 0.434. The molecule has 1 aromatic carbocycles. The van der Waals surface area contributed by atoms with Gasteiger partial charge in [0.25, 0.3) is 5.91 Å². The number of nitrogens with one attached hydrogen (secondary N) is 1. The number of amides is 1. The summed E-state index contributed by atoms with van der Waals surface area (Å²) in [5.74, 6) is -0.998. The zero-order valence-corrected chi connectivity index (χ0v) is 17.2. The number of nitrogens with two attached hydrogens (primary N) is 1. The van der Waals surface area contributed by atoms with Crippen molar-refractivity contribution >= 4 is 23.0 Å². The molecule has 10 heteroatoms. The number of carbonyl (C=O) groups excluding carboxylic acids is 1. The first kappa shape index (κ1) is 22.1. The second-order valence-electron chi connectivity index (χ2n) is 7.18. The van der Waals surface area contributed by atoms with Crippen molar-refractivity contribution in [1.82, 2.24) is 15.0 Å². The predicted molar refractivity (Wildman–Crippen MR) is 119 cm³/mol. The molecule has 0 saturated heterocycles. The zero-order valence-electron chi connectivity index (χ0n) is 17.2. The monoisotopic (exact) mass is 449 g/mol.